The van der Waals surface area contributed by atoms with Gasteiger partial charge >= 0.3 is 0 Å². The lowest BCUT2D eigenvalue weighted by molar-refractivity contribution is -0.384. The van der Waals surface area contributed by atoms with Gasteiger partial charge in [-0.05, 0) is 36.5 Å². The van der Waals surface area contributed by atoms with Crippen LogP contribution in [-0.4, -0.2) is 16.6 Å². The average molecular weight is 467 g/mol. The van der Waals surface area contributed by atoms with E-state index in [4.69, 9.17) is 0 Å². The van der Waals surface area contributed by atoms with Crippen molar-refractivity contribution < 1.29 is 23.3 Å². The Bertz CT molecular complexity index is 1300. The summed E-state index contributed by atoms with van der Waals surface area (Å²) >= 11 is 0. The fraction of sp³-hybridized carbons (Fsp3) is 0.280. The molecule has 2 aromatic carbocycles. The van der Waals surface area contributed by atoms with Crippen molar-refractivity contribution in [3.63, 3.8) is 0 Å². The number of Topliss-reactive ketones (excluding diaryl/α,β-unsaturated/α-hetero) is 1. The fourth-order valence-electron chi connectivity index (χ4n) is 4.67. The molecule has 1 amide bonds. The molecule has 0 unspecified atom stereocenters. The molecule has 2 aromatic rings. The summed E-state index contributed by atoms with van der Waals surface area (Å²) in [6.45, 7) is 5.60. The normalized spacial score (nSPS) is 19.4. The Morgan fingerprint density at radius 2 is 1.91 bits per heavy atom. The highest BCUT2D eigenvalue weighted by atomic mass is 19.1. The number of allylic oxidation sites excluding steroid dienone is 3. The highest BCUT2D eigenvalue weighted by Gasteiger charge is 2.43. The van der Waals surface area contributed by atoms with Gasteiger partial charge in [0.25, 0.3) is 11.6 Å². The first kappa shape index (κ1) is 23.3. The quantitative estimate of drug-likeness (QED) is 0.480. The molecular formula is C25H23F2N3O4. The van der Waals surface area contributed by atoms with Gasteiger partial charge in [0, 0.05) is 53.1 Å². The van der Waals surface area contributed by atoms with E-state index in [0.717, 1.165) is 12.1 Å². The second-order valence-corrected chi connectivity index (χ2v) is 9.36. The molecule has 0 aromatic heterocycles. The maximum absolute atomic E-state index is 14.2. The predicted octanol–water partition coefficient (Wildman–Crippen LogP) is 5.12. The number of nitrogens with one attached hydrogen (secondary N) is 2. The number of anilines is 1. The van der Waals surface area contributed by atoms with E-state index in [2.05, 4.69) is 10.6 Å². The molecule has 1 aliphatic carbocycles. The smallest absolute Gasteiger partial charge is 0.269 e. The number of carbonyl (C=O) groups excluding carboxylic acids is 2. The molecule has 176 valence electrons. The predicted molar refractivity (Wildman–Crippen MR) is 122 cm³/mol. The summed E-state index contributed by atoms with van der Waals surface area (Å²) in [6.07, 6.45) is 0.803. The van der Waals surface area contributed by atoms with Crippen molar-refractivity contribution >= 4 is 23.1 Å². The summed E-state index contributed by atoms with van der Waals surface area (Å²) in [4.78, 5) is 37.5. The zero-order chi connectivity index (χ0) is 24.8. The number of hydrogen-bond donors (Lipinski definition) is 2. The van der Waals surface area contributed by atoms with Crippen molar-refractivity contribution in [2.45, 2.75) is 39.5 Å². The minimum atomic E-state index is -0.947. The molecule has 0 radical (unpaired) electrons. The Labute approximate surface area is 194 Å². The molecule has 2 N–H and O–H groups in total. The molecule has 1 aliphatic heterocycles. The lowest BCUT2D eigenvalue weighted by Gasteiger charge is -2.39. The van der Waals surface area contributed by atoms with E-state index in [0.29, 0.717) is 35.0 Å². The number of halogens is 2. The Kier molecular flexibility index (Phi) is 5.80. The minimum Gasteiger partial charge on any atom is -0.362 e. The number of hydrogen-bond acceptors (Lipinski definition) is 5. The molecule has 2 aliphatic rings. The van der Waals surface area contributed by atoms with Crippen molar-refractivity contribution in [2.24, 2.45) is 5.41 Å². The van der Waals surface area contributed by atoms with E-state index in [1.54, 1.807) is 13.0 Å². The molecule has 0 saturated carbocycles. The lowest BCUT2D eigenvalue weighted by Crippen LogP contribution is -2.39. The Morgan fingerprint density at radius 1 is 1.18 bits per heavy atom. The van der Waals surface area contributed by atoms with Crippen LogP contribution in [0.5, 0.6) is 0 Å². The summed E-state index contributed by atoms with van der Waals surface area (Å²) in [5.41, 5.74) is 1.32. The SMILES string of the molecule is CC1=C(C(=O)Nc2ccc(F)cc2F)[C@H](c2cccc([N+](=O)[O-])c2)C2=C(CC(C)(C)CC2=O)N1. The van der Waals surface area contributed by atoms with Crippen LogP contribution in [0.3, 0.4) is 0 Å². The second kappa shape index (κ2) is 8.48. The van der Waals surface area contributed by atoms with Crippen molar-refractivity contribution in [2.75, 3.05) is 5.32 Å². The van der Waals surface area contributed by atoms with Gasteiger partial charge < -0.3 is 10.6 Å². The summed E-state index contributed by atoms with van der Waals surface area (Å²) in [5, 5.41) is 17.0. The molecule has 7 nitrogen and oxygen atoms in total. The number of ketones is 1. The third-order valence-corrected chi connectivity index (χ3v) is 6.08. The standard InChI is InChI=1S/C25H23F2N3O4/c1-13-21(24(32)29-18-8-7-15(26)10-17(18)27)22(14-5-4-6-16(9-14)30(33)34)23-19(28-13)11-25(2,3)12-20(23)31/h4-10,22,28H,11-12H2,1-3H3,(H,29,32)/t22-/m0/s1. The third kappa shape index (κ3) is 4.33. The monoisotopic (exact) mass is 467 g/mol. The van der Waals surface area contributed by atoms with Gasteiger partial charge in [0.05, 0.1) is 10.6 Å². The van der Waals surface area contributed by atoms with Gasteiger partial charge in [-0.2, -0.15) is 0 Å². The number of dihydropyridines is 1. The van der Waals surface area contributed by atoms with Crippen LogP contribution < -0.4 is 10.6 Å². The summed E-state index contributed by atoms with van der Waals surface area (Å²) < 4.78 is 27.5. The molecule has 0 fully saturated rings. The van der Waals surface area contributed by atoms with Gasteiger partial charge in [-0.25, -0.2) is 8.78 Å². The van der Waals surface area contributed by atoms with Crippen LogP contribution in [0.1, 0.15) is 45.1 Å². The van der Waals surface area contributed by atoms with Crippen LogP contribution in [0.4, 0.5) is 20.2 Å². The summed E-state index contributed by atoms with van der Waals surface area (Å²) in [5.74, 6) is -3.48. The van der Waals surface area contributed by atoms with E-state index >= 15 is 0 Å². The van der Waals surface area contributed by atoms with Gasteiger partial charge in [-0.15, -0.1) is 0 Å². The molecule has 4 rings (SSSR count). The first-order valence-electron chi connectivity index (χ1n) is 10.7. The van der Waals surface area contributed by atoms with Crippen LogP contribution in [0.15, 0.2) is 65.0 Å². The molecule has 0 bridgehead atoms. The second-order valence-electron chi connectivity index (χ2n) is 9.36. The number of benzene rings is 2. The number of nitro benzene ring substituents is 1. The number of non-ortho nitro benzene ring substituents is 1. The summed E-state index contributed by atoms with van der Waals surface area (Å²) in [7, 11) is 0. The number of amides is 1. The highest BCUT2D eigenvalue weighted by molar-refractivity contribution is 6.10. The molecule has 1 heterocycles. The Morgan fingerprint density at radius 3 is 2.59 bits per heavy atom. The molecule has 34 heavy (non-hydrogen) atoms. The Hall–Kier alpha value is -3.88. The van der Waals surface area contributed by atoms with Crippen molar-refractivity contribution in [3.05, 3.63) is 92.3 Å². The van der Waals surface area contributed by atoms with E-state index in [-0.39, 0.29) is 34.6 Å². The number of carbonyl (C=O) groups is 2. The fourth-order valence-corrected chi connectivity index (χ4v) is 4.67. The first-order chi connectivity index (χ1) is 16.0. The topological polar surface area (TPSA) is 101 Å². The summed E-state index contributed by atoms with van der Waals surface area (Å²) in [6, 6.07) is 8.57. The number of nitro groups is 1. The van der Waals surface area contributed by atoms with E-state index in [1.807, 2.05) is 13.8 Å². The van der Waals surface area contributed by atoms with Gasteiger partial charge in [-0.1, -0.05) is 26.0 Å². The molecule has 0 saturated heterocycles. The van der Waals surface area contributed by atoms with Crippen molar-refractivity contribution in [1.29, 1.82) is 0 Å². The van der Waals surface area contributed by atoms with Gasteiger partial charge in [0.2, 0.25) is 0 Å². The minimum absolute atomic E-state index is 0.135. The van der Waals surface area contributed by atoms with Crippen molar-refractivity contribution in [1.82, 2.24) is 5.32 Å². The lowest BCUT2D eigenvalue weighted by atomic mass is 9.68. The Balaban J connectivity index is 1.84. The van der Waals surface area contributed by atoms with Crippen LogP contribution in [-0.2, 0) is 9.59 Å². The molecular weight excluding hydrogens is 444 g/mol. The highest BCUT2D eigenvalue weighted by Crippen LogP contribution is 2.47. The average Bonchev–Trinajstić information content (AvgIpc) is 2.73. The van der Waals surface area contributed by atoms with E-state index in [1.165, 1.54) is 18.2 Å². The molecule has 0 spiro atoms. The number of rotatable bonds is 4. The maximum atomic E-state index is 14.2. The first-order valence-corrected chi connectivity index (χ1v) is 10.7. The van der Waals surface area contributed by atoms with E-state index < -0.39 is 28.4 Å². The van der Waals surface area contributed by atoms with E-state index in [9.17, 15) is 28.5 Å². The maximum Gasteiger partial charge on any atom is 0.269 e. The van der Waals surface area contributed by atoms with Gasteiger partial charge in [0.15, 0.2) is 5.78 Å². The largest absolute Gasteiger partial charge is 0.362 e. The van der Waals surface area contributed by atoms with Crippen LogP contribution >= 0.6 is 0 Å². The number of nitrogens with zero attached hydrogens (tertiary/aromatic N) is 1. The zero-order valence-electron chi connectivity index (χ0n) is 18.9. The van der Waals surface area contributed by atoms with Crippen LogP contribution in [0.25, 0.3) is 0 Å². The van der Waals surface area contributed by atoms with Crippen LogP contribution in [0, 0.1) is 27.2 Å². The van der Waals surface area contributed by atoms with Gasteiger partial charge in [0.1, 0.15) is 11.6 Å². The zero-order valence-corrected chi connectivity index (χ0v) is 18.9. The molecule has 1 atom stereocenters. The third-order valence-electron chi connectivity index (χ3n) is 6.08. The van der Waals surface area contributed by atoms with Gasteiger partial charge in [-0.3, -0.25) is 19.7 Å². The van der Waals surface area contributed by atoms with Crippen molar-refractivity contribution in [3.8, 4) is 0 Å². The molecule has 9 heteroatoms. The van der Waals surface area contributed by atoms with Crippen LogP contribution in [0.2, 0.25) is 0 Å².